The van der Waals surface area contributed by atoms with Crippen LogP contribution in [0, 0.1) is 0 Å². The van der Waals surface area contributed by atoms with Crippen molar-refractivity contribution in [3.8, 4) is 22.8 Å². The van der Waals surface area contributed by atoms with E-state index in [0.29, 0.717) is 48.3 Å². The molecular weight excluding hydrogens is 545 g/mol. The van der Waals surface area contributed by atoms with Crippen LogP contribution in [-0.4, -0.2) is 64.1 Å². The number of morpholine rings is 1. The van der Waals surface area contributed by atoms with E-state index in [1.54, 1.807) is 60.7 Å². The summed E-state index contributed by atoms with van der Waals surface area (Å²) in [5, 5.41) is 10.7. The number of sulfonamides is 1. The van der Waals surface area contributed by atoms with Crippen LogP contribution < -0.4 is 14.3 Å². The summed E-state index contributed by atoms with van der Waals surface area (Å²) >= 11 is 3.01. The first-order valence-corrected chi connectivity index (χ1v) is 15.0. The Bertz CT molecular complexity index is 1580. The predicted octanol–water partition coefficient (Wildman–Crippen LogP) is 4.43. The highest BCUT2D eigenvalue weighted by atomic mass is 32.2. The quantitative estimate of drug-likeness (QED) is 0.292. The normalized spacial score (nSPS) is 15.3. The minimum atomic E-state index is -3.58. The lowest BCUT2D eigenvalue weighted by molar-refractivity contribution is 0.0730. The largest absolute Gasteiger partial charge is 0.497 e. The van der Waals surface area contributed by atoms with Gasteiger partial charge in [0.1, 0.15) is 11.5 Å². The third-order valence-corrected chi connectivity index (χ3v) is 9.33. The first-order chi connectivity index (χ1) is 18.5. The molecule has 0 unspecified atom stereocenters. The van der Waals surface area contributed by atoms with Crippen LogP contribution in [0.5, 0.6) is 11.5 Å². The molecule has 5 rings (SSSR count). The molecule has 1 aliphatic rings. The molecule has 38 heavy (non-hydrogen) atoms. The van der Waals surface area contributed by atoms with E-state index >= 15 is 0 Å². The van der Waals surface area contributed by atoms with Gasteiger partial charge in [-0.15, -0.1) is 11.3 Å². The molecule has 0 radical (unpaired) electrons. The number of benzene rings is 2. The molecule has 4 aromatic rings. The zero-order valence-corrected chi connectivity index (χ0v) is 23.3. The summed E-state index contributed by atoms with van der Waals surface area (Å²) in [6.45, 7) is 1.50. The molecular formula is C26H26N4O5S3. The highest BCUT2D eigenvalue weighted by molar-refractivity contribution is 7.89. The highest BCUT2D eigenvalue weighted by Gasteiger charge is 2.26. The number of nitrogens with zero attached hydrogens (tertiary/aromatic N) is 4. The van der Waals surface area contributed by atoms with Gasteiger partial charge in [-0.05, 0) is 59.3 Å². The van der Waals surface area contributed by atoms with Crippen LogP contribution in [-0.2, 0) is 14.8 Å². The number of thiophene rings is 1. The van der Waals surface area contributed by atoms with Crippen LogP contribution in [0.15, 0.2) is 79.7 Å². The van der Waals surface area contributed by atoms with E-state index in [-0.39, 0.29) is 4.90 Å². The first-order valence-electron chi connectivity index (χ1n) is 11.7. The topological polar surface area (TPSA) is 94.7 Å². The van der Waals surface area contributed by atoms with E-state index in [2.05, 4.69) is 0 Å². The van der Waals surface area contributed by atoms with Crippen molar-refractivity contribution in [3.05, 3.63) is 75.0 Å². The molecule has 12 heteroatoms. The number of rotatable bonds is 8. The SMILES string of the molecule is COc1ccc(OC)c(-c2csc(=Nc3ccc(S(=O)(=O)N4CCOCC4)cc3)n2N=Cc2ccsc2)c1. The molecule has 0 aliphatic carbocycles. The molecule has 2 aromatic heterocycles. The fourth-order valence-corrected chi connectivity index (χ4v) is 6.77. The van der Waals surface area contributed by atoms with Crippen LogP contribution in [0.1, 0.15) is 5.56 Å². The van der Waals surface area contributed by atoms with E-state index < -0.39 is 10.0 Å². The molecule has 1 saturated heterocycles. The molecule has 1 aliphatic heterocycles. The third-order valence-electron chi connectivity index (χ3n) is 5.90. The van der Waals surface area contributed by atoms with Crippen molar-refractivity contribution in [2.75, 3.05) is 40.5 Å². The van der Waals surface area contributed by atoms with Gasteiger partial charge < -0.3 is 14.2 Å². The molecule has 0 atom stereocenters. The van der Waals surface area contributed by atoms with Crippen molar-refractivity contribution >= 4 is 44.6 Å². The average molecular weight is 571 g/mol. The Morgan fingerprint density at radius 2 is 1.79 bits per heavy atom. The fraction of sp³-hybridized carbons (Fsp3) is 0.231. The maximum atomic E-state index is 13.0. The molecule has 0 spiro atoms. The van der Waals surface area contributed by atoms with Crippen LogP contribution in [0.3, 0.4) is 0 Å². The second kappa shape index (κ2) is 11.6. The summed E-state index contributed by atoms with van der Waals surface area (Å²) in [6.07, 6.45) is 1.77. The Morgan fingerprint density at radius 3 is 2.47 bits per heavy atom. The van der Waals surface area contributed by atoms with Gasteiger partial charge >= 0.3 is 0 Å². The summed E-state index contributed by atoms with van der Waals surface area (Å²) in [6, 6.07) is 14.1. The molecule has 2 aromatic carbocycles. The van der Waals surface area contributed by atoms with Crippen molar-refractivity contribution in [3.63, 3.8) is 0 Å². The van der Waals surface area contributed by atoms with Gasteiger partial charge in [-0.3, -0.25) is 0 Å². The van der Waals surface area contributed by atoms with Gasteiger partial charge in [-0.25, -0.2) is 18.1 Å². The van der Waals surface area contributed by atoms with E-state index in [1.807, 2.05) is 40.4 Å². The average Bonchev–Trinajstić information content (AvgIpc) is 3.62. The third kappa shape index (κ3) is 5.59. The van der Waals surface area contributed by atoms with Crippen LogP contribution in [0.4, 0.5) is 5.69 Å². The van der Waals surface area contributed by atoms with Gasteiger partial charge in [0.2, 0.25) is 14.8 Å². The number of methoxy groups -OCH3 is 2. The van der Waals surface area contributed by atoms with Crippen molar-refractivity contribution in [2.24, 2.45) is 10.1 Å². The van der Waals surface area contributed by atoms with Gasteiger partial charge in [0.25, 0.3) is 0 Å². The monoisotopic (exact) mass is 570 g/mol. The van der Waals surface area contributed by atoms with Gasteiger partial charge in [0, 0.05) is 29.6 Å². The Kier molecular flexibility index (Phi) is 8.05. The summed E-state index contributed by atoms with van der Waals surface area (Å²) in [7, 11) is -0.343. The lowest BCUT2D eigenvalue weighted by Gasteiger charge is -2.26. The Morgan fingerprint density at radius 1 is 1.00 bits per heavy atom. The van der Waals surface area contributed by atoms with Crippen LogP contribution in [0.2, 0.25) is 0 Å². The van der Waals surface area contributed by atoms with Crippen molar-refractivity contribution < 1.29 is 22.6 Å². The number of hydrogen-bond acceptors (Lipinski definition) is 9. The second-order valence-corrected chi connectivity index (χ2v) is 11.8. The lowest BCUT2D eigenvalue weighted by Crippen LogP contribution is -2.40. The summed E-state index contributed by atoms with van der Waals surface area (Å²) in [5.41, 5.74) is 3.17. The van der Waals surface area contributed by atoms with Crippen LogP contribution in [0.25, 0.3) is 11.3 Å². The highest BCUT2D eigenvalue weighted by Crippen LogP contribution is 2.34. The molecule has 0 bridgehead atoms. The Labute approximate surface area is 228 Å². The minimum absolute atomic E-state index is 0.231. The number of thiazole rings is 1. The van der Waals surface area contributed by atoms with Gasteiger partial charge in [0.15, 0.2) is 0 Å². The number of ether oxygens (including phenoxy) is 3. The zero-order valence-electron chi connectivity index (χ0n) is 20.8. The molecule has 9 nitrogen and oxygen atoms in total. The van der Waals surface area contributed by atoms with Crippen molar-refractivity contribution in [2.45, 2.75) is 4.90 Å². The van der Waals surface area contributed by atoms with E-state index in [4.69, 9.17) is 24.3 Å². The Hall–Kier alpha value is -3.29. The van der Waals surface area contributed by atoms with Gasteiger partial charge in [-0.2, -0.15) is 20.7 Å². The van der Waals surface area contributed by atoms with Gasteiger partial charge in [-0.1, -0.05) is 0 Å². The second-order valence-electron chi connectivity index (χ2n) is 8.20. The molecule has 0 saturated carbocycles. The summed E-state index contributed by atoms with van der Waals surface area (Å²) in [5.74, 6) is 1.36. The minimum Gasteiger partial charge on any atom is -0.497 e. The molecule has 0 N–H and O–H groups in total. The first kappa shape index (κ1) is 26.3. The maximum Gasteiger partial charge on any atom is 0.243 e. The molecule has 198 valence electrons. The smallest absolute Gasteiger partial charge is 0.243 e. The van der Waals surface area contributed by atoms with Gasteiger partial charge in [0.05, 0.1) is 49.9 Å². The predicted molar refractivity (Wildman–Crippen MR) is 149 cm³/mol. The van der Waals surface area contributed by atoms with E-state index in [1.165, 1.54) is 15.6 Å². The molecule has 1 fully saturated rings. The lowest BCUT2D eigenvalue weighted by atomic mass is 10.1. The Balaban J connectivity index is 1.55. The van der Waals surface area contributed by atoms with E-state index in [0.717, 1.165) is 16.8 Å². The van der Waals surface area contributed by atoms with Crippen LogP contribution >= 0.6 is 22.7 Å². The summed E-state index contributed by atoms with van der Waals surface area (Å²) in [4.78, 5) is 5.63. The maximum absolute atomic E-state index is 13.0. The number of hydrogen-bond donors (Lipinski definition) is 0. The fourth-order valence-electron chi connectivity index (χ4n) is 3.90. The molecule has 0 amide bonds. The zero-order chi connectivity index (χ0) is 26.5. The summed E-state index contributed by atoms with van der Waals surface area (Å²) < 4.78 is 45.5. The van der Waals surface area contributed by atoms with Crippen molar-refractivity contribution in [1.82, 2.24) is 8.98 Å². The standard InChI is InChI=1S/C26H26N4O5S3/c1-33-21-5-8-25(34-2)23(15-21)24-18-37-26(30(24)27-16-19-9-14-36-17-19)28-20-3-6-22(7-4-20)38(31,32)29-10-12-35-13-11-29/h3-9,14-18H,10-13H2,1-2H3. The van der Waals surface area contributed by atoms with E-state index in [9.17, 15) is 8.42 Å². The van der Waals surface area contributed by atoms with Crippen molar-refractivity contribution in [1.29, 1.82) is 0 Å². The molecule has 3 heterocycles. The number of aromatic nitrogens is 1.